The molecule has 2 aromatic carbocycles. The predicted molar refractivity (Wildman–Crippen MR) is 48.2 cm³/mol. The summed E-state index contributed by atoms with van der Waals surface area (Å²) in [6.45, 7) is 0. The van der Waals surface area contributed by atoms with Gasteiger partial charge >= 0.3 is 0 Å². The lowest BCUT2D eigenvalue weighted by atomic mass is 10.1. The van der Waals surface area contributed by atoms with Crippen LogP contribution in [0.25, 0.3) is 10.8 Å². The Balaban J connectivity index is 2.75. The molecule has 12 heavy (non-hydrogen) atoms. The summed E-state index contributed by atoms with van der Waals surface area (Å²) in [6, 6.07) is 14.4. The monoisotopic (exact) mass is 155 g/mol. The van der Waals surface area contributed by atoms with Crippen molar-refractivity contribution >= 4 is 17.1 Å². The summed E-state index contributed by atoms with van der Waals surface area (Å²) in [5.74, 6) is 0. The maximum Gasteiger partial charge on any atom is 0.150 e. The van der Waals surface area contributed by atoms with Crippen molar-refractivity contribution in [2.75, 3.05) is 0 Å². The maximum atomic E-state index is 10.4. The van der Waals surface area contributed by atoms with E-state index in [0.717, 1.165) is 17.1 Å². The average Bonchev–Trinajstić information content (AvgIpc) is 2.17. The van der Waals surface area contributed by atoms with Crippen LogP contribution in [-0.2, 0) is 0 Å². The van der Waals surface area contributed by atoms with Crippen LogP contribution in [0, 0.1) is 6.07 Å². The number of carbonyl (C=O) groups is 1. The van der Waals surface area contributed by atoms with Crippen LogP contribution < -0.4 is 0 Å². The van der Waals surface area contributed by atoms with Gasteiger partial charge in [0.05, 0.1) is 0 Å². The van der Waals surface area contributed by atoms with E-state index in [1.165, 1.54) is 0 Å². The van der Waals surface area contributed by atoms with Crippen LogP contribution >= 0.6 is 0 Å². The number of aldehydes is 1. The van der Waals surface area contributed by atoms with Gasteiger partial charge in [-0.05, 0) is 22.9 Å². The van der Waals surface area contributed by atoms with Crippen molar-refractivity contribution in [3.05, 3.63) is 48.0 Å². The fraction of sp³-hybridized carbons (Fsp3) is 0. The first kappa shape index (κ1) is 7.04. The summed E-state index contributed by atoms with van der Waals surface area (Å²) in [5, 5.41) is 2.10. The third-order valence-corrected chi connectivity index (χ3v) is 1.82. The molecule has 0 saturated heterocycles. The second-order valence-corrected chi connectivity index (χ2v) is 2.63. The van der Waals surface area contributed by atoms with Crippen LogP contribution in [-0.4, -0.2) is 6.29 Å². The van der Waals surface area contributed by atoms with Crippen LogP contribution in [0.2, 0.25) is 0 Å². The molecule has 0 unspecified atom stereocenters. The van der Waals surface area contributed by atoms with E-state index in [2.05, 4.69) is 6.07 Å². The summed E-state index contributed by atoms with van der Waals surface area (Å²) in [4.78, 5) is 10.4. The summed E-state index contributed by atoms with van der Waals surface area (Å²) in [5.41, 5.74) is 0.710. The molecule has 0 aromatic heterocycles. The van der Waals surface area contributed by atoms with Crippen molar-refractivity contribution in [2.45, 2.75) is 0 Å². The predicted octanol–water partition coefficient (Wildman–Crippen LogP) is 2.45. The highest BCUT2D eigenvalue weighted by Crippen LogP contribution is 2.13. The molecular weight excluding hydrogens is 148 g/mol. The fourth-order valence-electron chi connectivity index (χ4n) is 1.21. The molecule has 0 N–H and O–H groups in total. The van der Waals surface area contributed by atoms with E-state index in [-0.39, 0.29) is 0 Å². The van der Waals surface area contributed by atoms with Gasteiger partial charge < -0.3 is 0 Å². The van der Waals surface area contributed by atoms with E-state index >= 15 is 0 Å². The zero-order valence-corrected chi connectivity index (χ0v) is 6.45. The number of hydrogen-bond acceptors (Lipinski definition) is 1. The van der Waals surface area contributed by atoms with Gasteiger partial charge in [0, 0.05) is 5.56 Å². The van der Waals surface area contributed by atoms with Gasteiger partial charge in [0.15, 0.2) is 0 Å². The second-order valence-electron chi connectivity index (χ2n) is 2.63. The Morgan fingerprint density at radius 2 is 2.17 bits per heavy atom. The topological polar surface area (TPSA) is 17.1 Å². The highest BCUT2D eigenvalue weighted by atomic mass is 16.1. The SMILES string of the molecule is O=Cc1ccc2[c]cccc2c1. The molecule has 0 amide bonds. The van der Waals surface area contributed by atoms with Gasteiger partial charge in [-0.25, -0.2) is 0 Å². The van der Waals surface area contributed by atoms with E-state index in [1.54, 1.807) is 6.07 Å². The average molecular weight is 155 g/mol. The Hall–Kier alpha value is -1.63. The van der Waals surface area contributed by atoms with Gasteiger partial charge in [-0.1, -0.05) is 30.3 Å². The van der Waals surface area contributed by atoms with Crippen molar-refractivity contribution in [2.24, 2.45) is 0 Å². The standard InChI is InChI=1S/C11H7O/c12-8-9-5-6-10-3-1-2-4-11(10)7-9/h1-2,4-8H. The van der Waals surface area contributed by atoms with Crippen molar-refractivity contribution < 1.29 is 4.79 Å². The lowest BCUT2D eigenvalue weighted by Crippen LogP contribution is -1.78. The lowest BCUT2D eigenvalue weighted by Gasteiger charge is -1.95. The summed E-state index contributed by atoms with van der Waals surface area (Å²) >= 11 is 0. The van der Waals surface area contributed by atoms with Crippen molar-refractivity contribution in [1.29, 1.82) is 0 Å². The molecule has 1 nitrogen and oxygen atoms in total. The van der Waals surface area contributed by atoms with Crippen LogP contribution in [0.15, 0.2) is 36.4 Å². The first-order valence-electron chi connectivity index (χ1n) is 3.76. The van der Waals surface area contributed by atoms with Crippen LogP contribution in [0.4, 0.5) is 0 Å². The van der Waals surface area contributed by atoms with Crippen LogP contribution in [0.1, 0.15) is 10.4 Å². The molecule has 0 fully saturated rings. The Bertz CT molecular complexity index is 418. The van der Waals surface area contributed by atoms with Gasteiger partial charge in [0.25, 0.3) is 0 Å². The number of benzene rings is 2. The Morgan fingerprint density at radius 3 is 3.00 bits per heavy atom. The highest BCUT2D eigenvalue weighted by molar-refractivity contribution is 5.88. The van der Waals surface area contributed by atoms with Gasteiger partial charge in [-0.3, -0.25) is 4.79 Å². The van der Waals surface area contributed by atoms with E-state index < -0.39 is 0 Å². The number of fused-ring (bicyclic) bond motifs is 1. The smallest absolute Gasteiger partial charge is 0.150 e. The first-order chi connectivity index (χ1) is 5.90. The maximum absolute atomic E-state index is 10.4. The van der Waals surface area contributed by atoms with E-state index in [9.17, 15) is 4.79 Å². The minimum absolute atomic E-state index is 0.710. The molecule has 1 radical (unpaired) electrons. The molecule has 0 aliphatic heterocycles. The third kappa shape index (κ3) is 1.10. The first-order valence-corrected chi connectivity index (χ1v) is 3.76. The molecule has 0 bridgehead atoms. The van der Waals surface area contributed by atoms with Crippen LogP contribution in [0.3, 0.4) is 0 Å². The van der Waals surface area contributed by atoms with Gasteiger partial charge in [-0.15, -0.1) is 0 Å². The Morgan fingerprint density at radius 1 is 1.25 bits per heavy atom. The second kappa shape index (κ2) is 2.78. The zero-order valence-electron chi connectivity index (χ0n) is 6.45. The highest BCUT2D eigenvalue weighted by Gasteiger charge is 1.93. The van der Waals surface area contributed by atoms with E-state index in [0.29, 0.717) is 5.56 Å². The van der Waals surface area contributed by atoms with Crippen LogP contribution in [0.5, 0.6) is 0 Å². The summed E-state index contributed by atoms with van der Waals surface area (Å²) in [6.07, 6.45) is 0.854. The largest absolute Gasteiger partial charge is 0.298 e. The van der Waals surface area contributed by atoms with Gasteiger partial charge in [0.1, 0.15) is 6.29 Å². The number of rotatable bonds is 1. The molecule has 0 spiro atoms. The fourth-order valence-corrected chi connectivity index (χ4v) is 1.21. The summed E-state index contributed by atoms with van der Waals surface area (Å²) in [7, 11) is 0. The molecule has 57 valence electrons. The molecule has 2 rings (SSSR count). The normalized spacial score (nSPS) is 10.0. The zero-order chi connectivity index (χ0) is 8.39. The number of carbonyl (C=O) groups excluding carboxylic acids is 1. The van der Waals surface area contributed by atoms with E-state index in [4.69, 9.17) is 0 Å². The van der Waals surface area contributed by atoms with Crippen molar-refractivity contribution in [3.63, 3.8) is 0 Å². The summed E-state index contributed by atoms with van der Waals surface area (Å²) < 4.78 is 0. The van der Waals surface area contributed by atoms with Gasteiger partial charge in [0.2, 0.25) is 0 Å². The lowest BCUT2D eigenvalue weighted by molar-refractivity contribution is 0.112. The minimum Gasteiger partial charge on any atom is -0.298 e. The molecule has 0 heterocycles. The molecule has 0 saturated carbocycles. The molecule has 1 heteroatoms. The van der Waals surface area contributed by atoms with E-state index in [1.807, 2.05) is 30.3 Å². The molecular formula is C11H7O. The van der Waals surface area contributed by atoms with Crippen molar-refractivity contribution in [1.82, 2.24) is 0 Å². The number of hydrogen-bond donors (Lipinski definition) is 0. The minimum atomic E-state index is 0.710. The quantitative estimate of drug-likeness (QED) is 0.578. The Kier molecular flexibility index (Phi) is 1.63. The molecule has 0 atom stereocenters. The molecule has 0 aliphatic rings. The van der Waals surface area contributed by atoms with Gasteiger partial charge in [-0.2, -0.15) is 0 Å². The molecule has 2 aromatic rings. The third-order valence-electron chi connectivity index (χ3n) is 1.82. The Labute approximate surface area is 70.6 Å². The molecule has 0 aliphatic carbocycles. The van der Waals surface area contributed by atoms with Crippen molar-refractivity contribution in [3.8, 4) is 0 Å².